The number of aryl methyl sites for hydroxylation is 1. The van der Waals surface area contributed by atoms with Crippen LogP contribution in [0.3, 0.4) is 0 Å². The van der Waals surface area contributed by atoms with Gasteiger partial charge in [-0.3, -0.25) is 9.36 Å². The normalized spacial score (nSPS) is 11.2. The fraction of sp³-hybridized carbons (Fsp3) is 0.200. The Balaban J connectivity index is 2.61. The van der Waals surface area contributed by atoms with Crippen molar-refractivity contribution in [2.75, 3.05) is 0 Å². The number of carbonyl (C=O) groups excluding carboxylic acids is 1. The summed E-state index contributed by atoms with van der Waals surface area (Å²) in [6.07, 6.45) is -3.06. The maximum Gasteiger partial charge on any atom is 0.419 e. The standard InChI is InChI=1S/C10H7F2NO3/c1-13-6-3-2-5(8(14)9(11)12)4-7(6)16-10(13)15/h2-4,9H,1H3. The summed E-state index contributed by atoms with van der Waals surface area (Å²) in [5.41, 5.74) is 0.409. The highest BCUT2D eigenvalue weighted by atomic mass is 19.3. The Morgan fingerprint density at radius 2 is 2.12 bits per heavy atom. The van der Waals surface area contributed by atoms with E-state index in [1.807, 2.05) is 0 Å². The Hall–Kier alpha value is -1.98. The summed E-state index contributed by atoms with van der Waals surface area (Å²) in [6, 6.07) is 3.78. The third kappa shape index (κ3) is 1.52. The number of nitrogens with zero attached hydrogens (tertiary/aromatic N) is 1. The molecular weight excluding hydrogens is 220 g/mol. The number of aromatic nitrogens is 1. The first-order valence-electron chi connectivity index (χ1n) is 4.42. The number of alkyl halides is 2. The van der Waals surface area contributed by atoms with Crippen LogP contribution < -0.4 is 5.76 Å². The van der Waals surface area contributed by atoms with Crippen molar-refractivity contribution in [1.29, 1.82) is 0 Å². The van der Waals surface area contributed by atoms with E-state index in [1.165, 1.54) is 23.7 Å². The molecule has 1 heterocycles. The smallest absolute Gasteiger partial charge is 0.408 e. The molecule has 6 heteroatoms. The number of halogens is 2. The SMILES string of the molecule is Cn1c(=O)oc2cc(C(=O)C(F)F)ccc21. The molecule has 0 spiro atoms. The van der Waals surface area contributed by atoms with Crippen LogP contribution >= 0.6 is 0 Å². The highest BCUT2D eigenvalue weighted by Crippen LogP contribution is 2.16. The minimum Gasteiger partial charge on any atom is -0.408 e. The predicted molar refractivity (Wildman–Crippen MR) is 51.8 cm³/mol. The molecule has 1 aromatic carbocycles. The maximum absolute atomic E-state index is 12.2. The van der Waals surface area contributed by atoms with Gasteiger partial charge in [0.1, 0.15) is 0 Å². The zero-order chi connectivity index (χ0) is 11.9. The Morgan fingerprint density at radius 1 is 1.44 bits per heavy atom. The second-order valence-corrected chi connectivity index (χ2v) is 3.27. The molecule has 84 valence electrons. The number of carbonyl (C=O) groups is 1. The van der Waals surface area contributed by atoms with Crippen LogP contribution in [0, 0.1) is 0 Å². The van der Waals surface area contributed by atoms with E-state index in [1.54, 1.807) is 0 Å². The van der Waals surface area contributed by atoms with Crippen molar-refractivity contribution in [2.24, 2.45) is 7.05 Å². The Morgan fingerprint density at radius 3 is 2.75 bits per heavy atom. The number of ketones is 1. The molecule has 0 N–H and O–H groups in total. The van der Waals surface area contributed by atoms with Gasteiger partial charge < -0.3 is 4.42 Å². The van der Waals surface area contributed by atoms with Gasteiger partial charge in [-0.2, -0.15) is 0 Å². The summed E-state index contributed by atoms with van der Waals surface area (Å²) < 4.78 is 30.3. The molecule has 16 heavy (non-hydrogen) atoms. The van der Waals surface area contributed by atoms with Gasteiger partial charge in [-0.15, -0.1) is 0 Å². The van der Waals surface area contributed by atoms with Crippen molar-refractivity contribution in [3.05, 3.63) is 34.3 Å². The van der Waals surface area contributed by atoms with Crippen LogP contribution in [0.15, 0.2) is 27.4 Å². The van der Waals surface area contributed by atoms with Gasteiger partial charge in [0, 0.05) is 12.6 Å². The summed E-state index contributed by atoms with van der Waals surface area (Å²) in [7, 11) is 1.49. The fourth-order valence-corrected chi connectivity index (χ4v) is 1.41. The van der Waals surface area contributed by atoms with Gasteiger partial charge in [-0.25, -0.2) is 13.6 Å². The van der Waals surface area contributed by atoms with Gasteiger partial charge in [0.2, 0.25) is 5.78 Å². The first kappa shape index (κ1) is 10.5. The number of benzene rings is 1. The minimum atomic E-state index is -3.06. The lowest BCUT2D eigenvalue weighted by Crippen LogP contribution is -2.10. The van der Waals surface area contributed by atoms with E-state index in [-0.39, 0.29) is 11.1 Å². The quantitative estimate of drug-likeness (QED) is 0.732. The predicted octanol–water partition coefficient (Wildman–Crippen LogP) is 1.58. The van der Waals surface area contributed by atoms with Gasteiger partial charge in [-0.05, 0) is 18.2 Å². The summed E-state index contributed by atoms with van der Waals surface area (Å²) in [6.45, 7) is 0. The molecule has 0 atom stereocenters. The molecule has 0 aliphatic heterocycles. The molecule has 0 amide bonds. The number of hydrogen-bond acceptors (Lipinski definition) is 3. The highest BCUT2D eigenvalue weighted by Gasteiger charge is 2.19. The van der Waals surface area contributed by atoms with Crippen molar-refractivity contribution in [2.45, 2.75) is 6.43 Å². The number of hydrogen-bond donors (Lipinski definition) is 0. The zero-order valence-corrected chi connectivity index (χ0v) is 8.24. The molecular formula is C10H7F2NO3. The first-order valence-corrected chi connectivity index (χ1v) is 4.42. The van der Waals surface area contributed by atoms with Gasteiger partial charge in [-0.1, -0.05) is 0 Å². The zero-order valence-electron chi connectivity index (χ0n) is 8.24. The van der Waals surface area contributed by atoms with Crippen LogP contribution in [0.2, 0.25) is 0 Å². The van der Waals surface area contributed by atoms with Crippen LogP contribution in [0.4, 0.5) is 8.78 Å². The second kappa shape index (κ2) is 3.55. The molecule has 0 aliphatic carbocycles. The lowest BCUT2D eigenvalue weighted by atomic mass is 10.1. The van der Waals surface area contributed by atoms with Crippen molar-refractivity contribution < 1.29 is 18.0 Å². The Bertz CT molecular complexity index is 612. The molecule has 0 aliphatic rings. The van der Waals surface area contributed by atoms with Crippen molar-refractivity contribution in [3.63, 3.8) is 0 Å². The highest BCUT2D eigenvalue weighted by molar-refractivity contribution is 6.00. The van der Waals surface area contributed by atoms with E-state index in [0.29, 0.717) is 5.52 Å². The van der Waals surface area contributed by atoms with E-state index in [0.717, 1.165) is 6.07 Å². The number of fused-ring (bicyclic) bond motifs is 1. The van der Waals surface area contributed by atoms with E-state index in [9.17, 15) is 18.4 Å². The topological polar surface area (TPSA) is 52.2 Å². The van der Waals surface area contributed by atoms with Crippen LogP contribution in [-0.4, -0.2) is 16.8 Å². The molecule has 4 nitrogen and oxygen atoms in total. The molecule has 0 saturated carbocycles. The van der Waals surface area contributed by atoms with Gasteiger partial charge in [0.05, 0.1) is 5.52 Å². The second-order valence-electron chi connectivity index (χ2n) is 3.27. The largest absolute Gasteiger partial charge is 0.419 e. The van der Waals surface area contributed by atoms with E-state index < -0.39 is 18.0 Å². The monoisotopic (exact) mass is 227 g/mol. The molecule has 1 aromatic heterocycles. The third-order valence-corrected chi connectivity index (χ3v) is 2.28. The Kier molecular flexibility index (Phi) is 2.34. The van der Waals surface area contributed by atoms with Crippen LogP contribution in [0.5, 0.6) is 0 Å². The Labute approximate surface area is 88.1 Å². The molecule has 0 saturated heterocycles. The van der Waals surface area contributed by atoms with Crippen LogP contribution in [0.25, 0.3) is 11.1 Å². The number of rotatable bonds is 2. The molecule has 0 radical (unpaired) electrons. The van der Waals surface area contributed by atoms with E-state index in [4.69, 9.17) is 4.42 Å². The molecule has 0 unspecified atom stereocenters. The first-order chi connectivity index (χ1) is 7.50. The third-order valence-electron chi connectivity index (χ3n) is 2.28. The number of Topliss-reactive ketones (excluding diaryl/α,β-unsaturated/α-hetero) is 1. The van der Waals surface area contributed by atoms with E-state index in [2.05, 4.69) is 0 Å². The minimum absolute atomic E-state index is 0.124. The maximum atomic E-state index is 12.2. The average molecular weight is 227 g/mol. The number of oxazole rings is 1. The summed E-state index contributed by atoms with van der Waals surface area (Å²) in [5, 5.41) is 0. The summed E-state index contributed by atoms with van der Waals surface area (Å²) in [5.74, 6) is -1.88. The summed E-state index contributed by atoms with van der Waals surface area (Å²) >= 11 is 0. The summed E-state index contributed by atoms with van der Waals surface area (Å²) in [4.78, 5) is 22.1. The van der Waals surface area contributed by atoms with Crippen LogP contribution in [0.1, 0.15) is 10.4 Å². The van der Waals surface area contributed by atoms with Crippen LogP contribution in [-0.2, 0) is 7.05 Å². The lowest BCUT2D eigenvalue weighted by Gasteiger charge is -1.98. The fourth-order valence-electron chi connectivity index (χ4n) is 1.41. The van der Waals surface area contributed by atoms with Crippen molar-refractivity contribution in [3.8, 4) is 0 Å². The molecule has 0 fully saturated rings. The lowest BCUT2D eigenvalue weighted by molar-refractivity contribution is 0.0679. The van der Waals surface area contributed by atoms with Crippen molar-refractivity contribution >= 4 is 16.9 Å². The van der Waals surface area contributed by atoms with Crippen molar-refractivity contribution in [1.82, 2.24) is 4.57 Å². The molecule has 2 rings (SSSR count). The van der Waals surface area contributed by atoms with Gasteiger partial charge in [0.25, 0.3) is 0 Å². The molecule has 0 bridgehead atoms. The van der Waals surface area contributed by atoms with Gasteiger partial charge >= 0.3 is 12.2 Å². The molecule has 2 aromatic rings. The van der Waals surface area contributed by atoms with E-state index >= 15 is 0 Å². The van der Waals surface area contributed by atoms with Gasteiger partial charge in [0.15, 0.2) is 5.58 Å². The average Bonchev–Trinajstić information content (AvgIpc) is 2.53.